The monoisotopic (exact) mass is 381 g/mol. The fraction of sp³-hybridized carbons (Fsp3) is 0.471. The summed E-state index contributed by atoms with van der Waals surface area (Å²) in [5.74, 6) is 0.794. The minimum Gasteiger partial charge on any atom is -0.379 e. The number of aryl methyl sites for hydroxylation is 1. The molecule has 0 amide bonds. The molecule has 0 unspecified atom stereocenters. The molecule has 1 fully saturated rings. The van der Waals surface area contributed by atoms with Gasteiger partial charge in [-0.25, -0.2) is 13.4 Å². The Labute approximate surface area is 152 Å². The molecule has 1 aromatic heterocycles. The summed E-state index contributed by atoms with van der Waals surface area (Å²) in [6.07, 6.45) is 0. The van der Waals surface area contributed by atoms with Crippen LogP contribution in [0.3, 0.4) is 0 Å². The van der Waals surface area contributed by atoms with Crippen molar-refractivity contribution in [2.24, 2.45) is 0 Å². The molecular weight excluding hydrogens is 358 g/mol. The first-order valence-corrected chi connectivity index (χ1v) is 10.7. The Kier molecular flexibility index (Phi) is 5.52. The summed E-state index contributed by atoms with van der Waals surface area (Å²) >= 11 is 1.62. The average molecular weight is 382 g/mol. The molecule has 25 heavy (non-hydrogen) atoms. The smallest absolute Gasteiger partial charge is 0.243 e. The molecule has 0 bridgehead atoms. The summed E-state index contributed by atoms with van der Waals surface area (Å²) in [7, 11) is -3.51. The number of imidazole rings is 1. The zero-order chi connectivity index (χ0) is 18.0. The van der Waals surface area contributed by atoms with Gasteiger partial charge in [-0.3, -0.25) is 0 Å². The zero-order valence-corrected chi connectivity index (χ0v) is 16.2. The topological polar surface area (TPSA) is 64.4 Å². The predicted molar refractivity (Wildman–Crippen MR) is 101 cm³/mol. The van der Waals surface area contributed by atoms with Crippen LogP contribution in [0.1, 0.15) is 13.8 Å². The van der Waals surface area contributed by atoms with Crippen LogP contribution in [0.2, 0.25) is 0 Å². The van der Waals surface area contributed by atoms with Gasteiger partial charge < -0.3 is 9.30 Å². The number of fused-ring (bicyclic) bond motifs is 1. The normalized spacial score (nSPS) is 16.4. The maximum atomic E-state index is 12.8. The molecule has 0 radical (unpaired) electrons. The van der Waals surface area contributed by atoms with E-state index in [4.69, 9.17) is 4.74 Å². The number of ether oxygens (including phenoxy) is 1. The molecule has 1 aliphatic heterocycles. The van der Waals surface area contributed by atoms with Crippen molar-refractivity contribution in [3.8, 4) is 0 Å². The number of aromatic nitrogens is 2. The van der Waals surface area contributed by atoms with Crippen molar-refractivity contribution in [2.75, 3.05) is 32.1 Å². The van der Waals surface area contributed by atoms with Gasteiger partial charge in [-0.05, 0) is 32.0 Å². The van der Waals surface area contributed by atoms with Gasteiger partial charge in [-0.2, -0.15) is 4.31 Å². The fourth-order valence-electron chi connectivity index (χ4n) is 2.79. The van der Waals surface area contributed by atoms with Gasteiger partial charge in [0.15, 0.2) is 5.16 Å². The first kappa shape index (κ1) is 18.4. The van der Waals surface area contributed by atoms with E-state index in [0.717, 1.165) is 28.5 Å². The van der Waals surface area contributed by atoms with E-state index in [1.165, 1.54) is 4.31 Å². The lowest BCUT2D eigenvalue weighted by molar-refractivity contribution is 0.0730. The largest absolute Gasteiger partial charge is 0.379 e. The van der Waals surface area contributed by atoms with E-state index in [9.17, 15) is 8.42 Å². The number of hydrogen-bond donors (Lipinski definition) is 0. The SMILES string of the molecule is C=C(C)CSc1nc2cc(S(=O)(=O)N3CCOCC3)ccc2n1CC. The fourth-order valence-corrected chi connectivity index (χ4v) is 5.14. The van der Waals surface area contributed by atoms with E-state index in [1.807, 2.05) is 13.0 Å². The number of nitrogens with zero attached hydrogens (tertiary/aromatic N) is 3. The van der Waals surface area contributed by atoms with Crippen molar-refractivity contribution in [2.45, 2.75) is 30.4 Å². The Morgan fingerprint density at radius 3 is 2.72 bits per heavy atom. The molecular formula is C17H23N3O3S2. The maximum absolute atomic E-state index is 12.8. The van der Waals surface area contributed by atoms with Crippen LogP contribution < -0.4 is 0 Å². The summed E-state index contributed by atoms with van der Waals surface area (Å²) in [5, 5.41) is 0.890. The highest BCUT2D eigenvalue weighted by Gasteiger charge is 2.27. The standard InChI is InChI=1S/C17H23N3O3S2/c1-4-20-16-6-5-14(25(21,22)19-7-9-23-10-8-19)11-15(16)18-17(20)24-12-13(2)3/h5-6,11H,2,4,7-10,12H2,1,3H3. The zero-order valence-electron chi connectivity index (χ0n) is 14.6. The van der Waals surface area contributed by atoms with Gasteiger partial charge in [0.2, 0.25) is 10.0 Å². The van der Waals surface area contributed by atoms with Crippen LogP contribution in [-0.4, -0.2) is 54.3 Å². The van der Waals surface area contributed by atoms with Crippen LogP contribution in [0.5, 0.6) is 0 Å². The summed E-state index contributed by atoms with van der Waals surface area (Å²) < 4.78 is 34.5. The lowest BCUT2D eigenvalue weighted by Crippen LogP contribution is -2.40. The summed E-state index contributed by atoms with van der Waals surface area (Å²) in [4.78, 5) is 4.94. The predicted octanol–water partition coefficient (Wildman–Crippen LogP) is 2.75. The Balaban J connectivity index is 1.98. The van der Waals surface area contributed by atoms with E-state index < -0.39 is 10.0 Å². The van der Waals surface area contributed by atoms with E-state index >= 15 is 0 Å². The highest BCUT2D eigenvalue weighted by atomic mass is 32.2. The number of hydrogen-bond acceptors (Lipinski definition) is 5. The van der Waals surface area contributed by atoms with Crippen LogP contribution >= 0.6 is 11.8 Å². The van der Waals surface area contributed by atoms with Crippen molar-refractivity contribution < 1.29 is 13.2 Å². The number of morpholine rings is 1. The van der Waals surface area contributed by atoms with Gasteiger partial charge in [0.1, 0.15) is 0 Å². The molecule has 0 spiro atoms. The molecule has 0 saturated carbocycles. The molecule has 0 N–H and O–H groups in total. The molecule has 3 rings (SSSR count). The second-order valence-electron chi connectivity index (χ2n) is 6.05. The van der Waals surface area contributed by atoms with Crippen LogP contribution in [-0.2, 0) is 21.3 Å². The molecule has 8 heteroatoms. The van der Waals surface area contributed by atoms with Crippen LogP contribution in [0, 0.1) is 0 Å². The Morgan fingerprint density at radius 2 is 2.08 bits per heavy atom. The van der Waals surface area contributed by atoms with Crippen molar-refractivity contribution in [3.63, 3.8) is 0 Å². The summed E-state index contributed by atoms with van der Waals surface area (Å²) in [6.45, 7) is 10.4. The first-order chi connectivity index (χ1) is 11.9. The van der Waals surface area contributed by atoms with Gasteiger partial charge in [-0.1, -0.05) is 23.9 Å². The molecule has 0 atom stereocenters. The van der Waals surface area contributed by atoms with E-state index in [0.29, 0.717) is 36.7 Å². The van der Waals surface area contributed by atoms with Gasteiger partial charge in [0, 0.05) is 25.4 Å². The molecule has 2 heterocycles. The lowest BCUT2D eigenvalue weighted by Gasteiger charge is -2.26. The van der Waals surface area contributed by atoms with Crippen molar-refractivity contribution >= 4 is 32.8 Å². The Hall–Kier alpha value is -1.35. The van der Waals surface area contributed by atoms with Crippen LogP contribution in [0.4, 0.5) is 0 Å². The molecule has 136 valence electrons. The minimum absolute atomic E-state index is 0.291. The molecule has 2 aromatic rings. The summed E-state index contributed by atoms with van der Waals surface area (Å²) in [5.41, 5.74) is 2.74. The second-order valence-corrected chi connectivity index (χ2v) is 8.93. The van der Waals surface area contributed by atoms with Crippen molar-refractivity contribution in [1.82, 2.24) is 13.9 Å². The Morgan fingerprint density at radius 1 is 1.36 bits per heavy atom. The van der Waals surface area contributed by atoms with Gasteiger partial charge in [0.05, 0.1) is 29.1 Å². The molecule has 1 aromatic carbocycles. The number of sulfonamides is 1. The highest BCUT2D eigenvalue weighted by molar-refractivity contribution is 7.99. The van der Waals surface area contributed by atoms with Crippen LogP contribution in [0.15, 0.2) is 40.4 Å². The van der Waals surface area contributed by atoms with E-state index in [2.05, 4.69) is 23.1 Å². The van der Waals surface area contributed by atoms with E-state index in [-0.39, 0.29) is 0 Å². The quantitative estimate of drug-likeness (QED) is 0.569. The van der Waals surface area contributed by atoms with Gasteiger partial charge in [0.25, 0.3) is 0 Å². The van der Waals surface area contributed by atoms with Gasteiger partial charge in [-0.15, -0.1) is 0 Å². The summed E-state index contributed by atoms with van der Waals surface area (Å²) in [6, 6.07) is 5.20. The minimum atomic E-state index is -3.51. The molecule has 0 aliphatic carbocycles. The number of benzene rings is 1. The number of rotatable bonds is 6. The van der Waals surface area contributed by atoms with Gasteiger partial charge >= 0.3 is 0 Å². The molecule has 1 saturated heterocycles. The molecule has 6 nitrogen and oxygen atoms in total. The first-order valence-electron chi connectivity index (χ1n) is 8.29. The van der Waals surface area contributed by atoms with E-state index in [1.54, 1.807) is 23.9 Å². The van der Waals surface area contributed by atoms with Crippen molar-refractivity contribution in [3.05, 3.63) is 30.4 Å². The van der Waals surface area contributed by atoms with Crippen LogP contribution in [0.25, 0.3) is 11.0 Å². The average Bonchev–Trinajstić information content (AvgIpc) is 2.97. The third kappa shape index (κ3) is 3.76. The third-order valence-corrected chi connectivity index (χ3v) is 7.16. The maximum Gasteiger partial charge on any atom is 0.243 e. The Bertz CT molecular complexity index is 884. The number of thioether (sulfide) groups is 1. The molecule has 1 aliphatic rings. The highest BCUT2D eigenvalue weighted by Crippen LogP contribution is 2.28. The third-order valence-electron chi connectivity index (χ3n) is 4.06. The van der Waals surface area contributed by atoms with Crippen molar-refractivity contribution in [1.29, 1.82) is 0 Å². The lowest BCUT2D eigenvalue weighted by atomic mass is 10.3. The second kappa shape index (κ2) is 7.49.